The summed E-state index contributed by atoms with van der Waals surface area (Å²) < 4.78 is 0.755. The second kappa shape index (κ2) is 6.75. The van der Waals surface area contributed by atoms with Gasteiger partial charge in [-0.1, -0.05) is 23.7 Å². The van der Waals surface area contributed by atoms with Crippen LogP contribution in [0.1, 0.15) is 21.5 Å². The molecular formula is C16H12BrClN2O. The number of nitrogens with zero attached hydrogens (tertiary/aromatic N) is 2. The summed E-state index contributed by atoms with van der Waals surface area (Å²) in [6, 6.07) is 14.4. The van der Waals surface area contributed by atoms with E-state index in [0.717, 1.165) is 10.0 Å². The lowest BCUT2D eigenvalue weighted by atomic mass is 10.1. The van der Waals surface area contributed by atoms with Gasteiger partial charge in [0.2, 0.25) is 0 Å². The van der Waals surface area contributed by atoms with E-state index in [0.29, 0.717) is 22.7 Å². The molecule has 1 amide bonds. The quantitative estimate of drug-likeness (QED) is 0.818. The molecule has 2 aromatic rings. The largest absolute Gasteiger partial charge is 0.337 e. The molecule has 3 nitrogen and oxygen atoms in total. The molecule has 5 heteroatoms. The fourth-order valence-corrected chi connectivity index (χ4v) is 2.36. The summed E-state index contributed by atoms with van der Waals surface area (Å²) in [6.45, 7) is 0.433. The molecule has 0 unspecified atom stereocenters. The molecule has 0 heterocycles. The number of carbonyl (C=O) groups is 1. The van der Waals surface area contributed by atoms with Crippen LogP contribution in [0.3, 0.4) is 0 Å². The van der Waals surface area contributed by atoms with E-state index >= 15 is 0 Å². The minimum absolute atomic E-state index is 0.119. The van der Waals surface area contributed by atoms with Crippen LogP contribution in [0, 0.1) is 11.3 Å². The van der Waals surface area contributed by atoms with Crippen molar-refractivity contribution in [3.63, 3.8) is 0 Å². The Morgan fingerprint density at radius 2 is 2.10 bits per heavy atom. The van der Waals surface area contributed by atoms with Crippen molar-refractivity contribution in [2.24, 2.45) is 0 Å². The Hall–Kier alpha value is -1.83. The summed E-state index contributed by atoms with van der Waals surface area (Å²) in [6.07, 6.45) is 0. The Morgan fingerprint density at radius 3 is 2.76 bits per heavy atom. The first-order valence-corrected chi connectivity index (χ1v) is 7.38. The van der Waals surface area contributed by atoms with Crippen LogP contribution in [0.15, 0.2) is 46.9 Å². The second-order valence-corrected chi connectivity index (χ2v) is 5.86. The standard InChI is InChI=1S/C16H12BrClN2O/c1-20(10-12-4-2-3-11(7-12)9-19)16(21)13-5-6-14(17)15(18)8-13/h2-8H,10H2,1H3. The molecule has 0 fully saturated rings. The molecule has 0 saturated carbocycles. The predicted octanol–water partition coefficient (Wildman–Crippen LogP) is 4.25. The SMILES string of the molecule is CN(Cc1cccc(C#N)c1)C(=O)c1ccc(Br)c(Cl)c1. The van der Waals surface area contributed by atoms with Crippen molar-refractivity contribution in [3.8, 4) is 6.07 Å². The van der Waals surface area contributed by atoms with Crippen molar-refractivity contribution in [2.45, 2.75) is 6.54 Å². The number of nitriles is 1. The van der Waals surface area contributed by atoms with Crippen LogP contribution in [0.2, 0.25) is 5.02 Å². The number of amides is 1. The lowest BCUT2D eigenvalue weighted by molar-refractivity contribution is 0.0785. The maximum Gasteiger partial charge on any atom is 0.253 e. The molecule has 0 spiro atoms. The van der Waals surface area contributed by atoms with Crippen LogP contribution in [-0.2, 0) is 6.54 Å². The number of benzene rings is 2. The highest BCUT2D eigenvalue weighted by atomic mass is 79.9. The highest BCUT2D eigenvalue weighted by molar-refractivity contribution is 9.10. The van der Waals surface area contributed by atoms with Crippen molar-refractivity contribution < 1.29 is 4.79 Å². The summed E-state index contributed by atoms with van der Waals surface area (Å²) in [5.74, 6) is -0.119. The molecule has 0 radical (unpaired) electrons. The maximum absolute atomic E-state index is 12.4. The van der Waals surface area contributed by atoms with Gasteiger partial charge in [0.1, 0.15) is 0 Å². The Bertz CT molecular complexity index is 724. The van der Waals surface area contributed by atoms with Crippen molar-refractivity contribution >= 4 is 33.4 Å². The Balaban J connectivity index is 2.15. The lowest BCUT2D eigenvalue weighted by Gasteiger charge is -2.17. The molecule has 0 bridgehead atoms. The van der Waals surface area contributed by atoms with Crippen molar-refractivity contribution in [1.29, 1.82) is 5.26 Å². The molecule has 0 atom stereocenters. The molecule has 21 heavy (non-hydrogen) atoms. The molecule has 0 N–H and O–H groups in total. The molecule has 0 aliphatic carbocycles. The fraction of sp³-hybridized carbons (Fsp3) is 0.125. The second-order valence-electron chi connectivity index (χ2n) is 4.60. The average Bonchev–Trinajstić information content (AvgIpc) is 2.49. The minimum Gasteiger partial charge on any atom is -0.337 e. The molecule has 0 aromatic heterocycles. The molecule has 106 valence electrons. The van der Waals surface area contributed by atoms with Crippen molar-refractivity contribution in [2.75, 3.05) is 7.05 Å². The Morgan fingerprint density at radius 1 is 1.33 bits per heavy atom. The number of rotatable bonds is 3. The van der Waals surface area contributed by atoms with Gasteiger partial charge in [-0.25, -0.2) is 0 Å². The summed E-state index contributed by atoms with van der Waals surface area (Å²) in [5.41, 5.74) is 2.02. The monoisotopic (exact) mass is 362 g/mol. The normalized spacial score (nSPS) is 10.0. The zero-order chi connectivity index (χ0) is 15.4. The lowest BCUT2D eigenvalue weighted by Crippen LogP contribution is -2.26. The molecular weight excluding hydrogens is 352 g/mol. The highest BCUT2D eigenvalue weighted by Crippen LogP contribution is 2.24. The van der Waals surface area contributed by atoms with E-state index in [1.54, 1.807) is 42.3 Å². The summed E-state index contributed by atoms with van der Waals surface area (Å²) in [4.78, 5) is 13.9. The molecule has 0 saturated heterocycles. The highest BCUT2D eigenvalue weighted by Gasteiger charge is 2.13. The van der Waals surface area contributed by atoms with Gasteiger partial charge in [-0.2, -0.15) is 5.26 Å². The van der Waals surface area contributed by atoms with Gasteiger partial charge in [-0.15, -0.1) is 0 Å². The number of hydrogen-bond donors (Lipinski definition) is 0. The maximum atomic E-state index is 12.4. The van der Waals surface area contributed by atoms with Crippen molar-refractivity contribution in [3.05, 3.63) is 68.7 Å². The van der Waals surface area contributed by atoms with Gasteiger partial charge < -0.3 is 4.90 Å². The van der Waals surface area contributed by atoms with Gasteiger partial charge >= 0.3 is 0 Å². The summed E-state index contributed by atoms with van der Waals surface area (Å²) in [7, 11) is 1.72. The van der Waals surface area contributed by atoms with E-state index in [1.165, 1.54) is 0 Å². The third-order valence-corrected chi connectivity index (χ3v) is 4.22. The molecule has 0 aliphatic rings. The van der Waals surface area contributed by atoms with E-state index in [2.05, 4.69) is 22.0 Å². The number of carbonyl (C=O) groups excluding carboxylic acids is 1. The van der Waals surface area contributed by atoms with Crippen LogP contribution in [0.25, 0.3) is 0 Å². The van der Waals surface area contributed by atoms with Crippen LogP contribution in [0.4, 0.5) is 0 Å². The molecule has 2 aromatic carbocycles. The van der Waals surface area contributed by atoms with Crippen LogP contribution < -0.4 is 0 Å². The molecule has 0 aliphatic heterocycles. The van der Waals surface area contributed by atoms with E-state index in [9.17, 15) is 4.79 Å². The zero-order valence-corrected chi connectivity index (χ0v) is 13.6. The molecule has 2 rings (SSSR count). The Labute approximate surface area is 136 Å². The van der Waals surface area contributed by atoms with Gasteiger partial charge in [0.25, 0.3) is 5.91 Å². The van der Waals surface area contributed by atoms with Crippen LogP contribution in [0.5, 0.6) is 0 Å². The average molecular weight is 364 g/mol. The zero-order valence-electron chi connectivity index (χ0n) is 11.3. The third-order valence-electron chi connectivity index (χ3n) is 2.99. The first kappa shape index (κ1) is 15.6. The fourth-order valence-electron chi connectivity index (χ4n) is 1.93. The summed E-state index contributed by atoms with van der Waals surface area (Å²) in [5, 5.41) is 9.39. The van der Waals surface area contributed by atoms with E-state index < -0.39 is 0 Å². The minimum atomic E-state index is -0.119. The van der Waals surface area contributed by atoms with Gasteiger partial charge in [0, 0.05) is 23.6 Å². The van der Waals surface area contributed by atoms with Crippen LogP contribution in [-0.4, -0.2) is 17.9 Å². The first-order valence-electron chi connectivity index (χ1n) is 6.21. The van der Waals surface area contributed by atoms with E-state index in [1.807, 2.05) is 12.1 Å². The van der Waals surface area contributed by atoms with Gasteiger partial charge in [-0.05, 0) is 51.8 Å². The van der Waals surface area contributed by atoms with Crippen LogP contribution >= 0.6 is 27.5 Å². The van der Waals surface area contributed by atoms with Gasteiger partial charge in [0.15, 0.2) is 0 Å². The Kier molecular flexibility index (Phi) is 5.00. The van der Waals surface area contributed by atoms with E-state index in [-0.39, 0.29) is 5.91 Å². The first-order chi connectivity index (χ1) is 10.0. The third kappa shape index (κ3) is 3.84. The van der Waals surface area contributed by atoms with Crippen molar-refractivity contribution in [1.82, 2.24) is 4.90 Å². The smallest absolute Gasteiger partial charge is 0.253 e. The number of hydrogen-bond acceptors (Lipinski definition) is 2. The van der Waals surface area contributed by atoms with Gasteiger partial charge in [0.05, 0.1) is 16.7 Å². The topological polar surface area (TPSA) is 44.1 Å². The number of halogens is 2. The van der Waals surface area contributed by atoms with E-state index in [4.69, 9.17) is 16.9 Å². The predicted molar refractivity (Wildman–Crippen MR) is 86.1 cm³/mol. The summed E-state index contributed by atoms with van der Waals surface area (Å²) >= 11 is 9.31. The van der Waals surface area contributed by atoms with Gasteiger partial charge in [-0.3, -0.25) is 4.79 Å².